The molecule has 2 aliphatic heterocycles. The lowest BCUT2D eigenvalue weighted by Crippen LogP contribution is -2.65. The Hall–Kier alpha value is -1.53. The summed E-state index contributed by atoms with van der Waals surface area (Å²) in [6.07, 6.45) is 35.2. The molecule has 0 radical (unpaired) electrons. The molecular weight excluding hydrogens is 919 g/mol. The molecule has 14 heteroatoms. The van der Waals surface area contributed by atoms with E-state index in [1.165, 1.54) is 180 Å². The molecule has 2 fully saturated rings. The van der Waals surface area contributed by atoms with Crippen LogP contribution in [-0.4, -0.2) is 140 Å². The van der Waals surface area contributed by atoms with Crippen LogP contribution in [-0.2, 0) is 23.7 Å². The predicted octanol–water partition coefficient (Wildman–Crippen LogP) is 9.67. The van der Waals surface area contributed by atoms with E-state index in [0.717, 1.165) is 38.5 Å². The Morgan fingerprint density at radius 3 is 1.32 bits per heavy atom. The van der Waals surface area contributed by atoms with Crippen LogP contribution in [0.4, 0.5) is 0 Å². The van der Waals surface area contributed by atoms with Gasteiger partial charge in [0.1, 0.15) is 48.8 Å². The summed E-state index contributed by atoms with van der Waals surface area (Å²) in [5.41, 5.74) is 0. The zero-order valence-corrected chi connectivity index (χ0v) is 45.4. The summed E-state index contributed by atoms with van der Waals surface area (Å²) in [5.74, 6) is -0.238. The van der Waals surface area contributed by atoms with Gasteiger partial charge in [-0.05, 0) is 44.9 Å². The maximum Gasteiger partial charge on any atom is 0.220 e. The van der Waals surface area contributed by atoms with Crippen molar-refractivity contribution in [3.05, 3.63) is 24.3 Å². The molecule has 0 saturated carbocycles. The van der Waals surface area contributed by atoms with Gasteiger partial charge in [0.15, 0.2) is 12.6 Å². The highest BCUT2D eigenvalue weighted by atomic mass is 16.7. The van der Waals surface area contributed by atoms with Crippen LogP contribution in [0.1, 0.15) is 245 Å². The van der Waals surface area contributed by atoms with E-state index in [-0.39, 0.29) is 18.9 Å². The quantitative estimate of drug-likeness (QED) is 0.0205. The van der Waals surface area contributed by atoms with Crippen LogP contribution in [0.25, 0.3) is 0 Å². The van der Waals surface area contributed by atoms with Crippen molar-refractivity contribution >= 4 is 5.91 Å². The van der Waals surface area contributed by atoms with Crippen molar-refractivity contribution in [2.24, 2.45) is 0 Å². The summed E-state index contributed by atoms with van der Waals surface area (Å²) < 4.78 is 22.7. The van der Waals surface area contributed by atoms with Crippen molar-refractivity contribution in [3.63, 3.8) is 0 Å². The maximum absolute atomic E-state index is 13.2. The minimum atomic E-state index is -1.79. The number of unbranched alkanes of at least 4 members (excludes halogenated alkanes) is 32. The van der Waals surface area contributed by atoms with E-state index in [1.807, 2.05) is 6.08 Å². The average Bonchev–Trinajstić information content (AvgIpc) is 3.38. The van der Waals surface area contributed by atoms with Gasteiger partial charge in [0.05, 0.1) is 32.0 Å². The standard InChI is InChI=1S/C58H109NO13/c1-3-5-7-9-11-13-15-16-17-18-19-20-21-22-23-24-25-26-27-28-29-30-32-34-36-38-40-42-50(63)59-46(47(62)41-39-37-35-33-31-14-12-10-8-6-4-2)45-69-57-55(68)53(66)56(49(44-61)71-57)72-58-54(67)52(65)51(64)48(43-60)70-58/h18-19,39,41,46-49,51-58,60-62,64-68H,3-17,20-38,40,42-45H2,1-2H3,(H,59,63)/b19-18-,41-39+. The lowest BCUT2D eigenvalue weighted by Gasteiger charge is -2.46. The van der Waals surface area contributed by atoms with Crippen molar-refractivity contribution in [1.82, 2.24) is 5.32 Å². The topological polar surface area (TPSA) is 228 Å². The molecule has 0 aromatic rings. The number of carbonyl (C=O) groups is 1. The van der Waals surface area contributed by atoms with Gasteiger partial charge in [-0.2, -0.15) is 0 Å². The number of carbonyl (C=O) groups excluding carboxylic acids is 1. The third-order valence-corrected chi connectivity index (χ3v) is 14.6. The minimum absolute atomic E-state index is 0.238. The van der Waals surface area contributed by atoms with Crippen molar-refractivity contribution in [2.75, 3.05) is 19.8 Å². The number of ether oxygens (including phenoxy) is 4. The van der Waals surface area contributed by atoms with Crippen molar-refractivity contribution in [2.45, 2.75) is 319 Å². The Bertz CT molecular complexity index is 1300. The summed E-state index contributed by atoms with van der Waals surface area (Å²) >= 11 is 0. The first kappa shape index (κ1) is 66.6. The van der Waals surface area contributed by atoms with Crippen LogP contribution in [0.5, 0.6) is 0 Å². The van der Waals surface area contributed by atoms with Crippen LogP contribution in [0.3, 0.4) is 0 Å². The molecule has 0 aliphatic carbocycles. The molecule has 14 nitrogen and oxygen atoms in total. The van der Waals surface area contributed by atoms with Crippen LogP contribution in [0.15, 0.2) is 24.3 Å². The summed E-state index contributed by atoms with van der Waals surface area (Å²) in [4.78, 5) is 13.2. The second-order valence-corrected chi connectivity index (χ2v) is 21.1. The molecule has 12 unspecified atom stereocenters. The normalized spacial score (nSPS) is 25.7. The number of hydrogen-bond donors (Lipinski definition) is 9. The molecule has 2 aliphatic rings. The highest BCUT2D eigenvalue weighted by molar-refractivity contribution is 5.76. The summed E-state index contributed by atoms with van der Waals surface area (Å²) in [7, 11) is 0. The lowest BCUT2D eigenvalue weighted by atomic mass is 9.97. The summed E-state index contributed by atoms with van der Waals surface area (Å²) in [6, 6.07) is -0.910. The fourth-order valence-corrected chi connectivity index (χ4v) is 9.82. The molecule has 2 saturated heterocycles. The number of aliphatic hydroxyl groups excluding tert-OH is 8. The van der Waals surface area contributed by atoms with Gasteiger partial charge in [0, 0.05) is 6.42 Å². The van der Waals surface area contributed by atoms with E-state index in [1.54, 1.807) is 6.08 Å². The molecule has 0 bridgehead atoms. The van der Waals surface area contributed by atoms with E-state index >= 15 is 0 Å². The third kappa shape index (κ3) is 30.3. The van der Waals surface area contributed by atoms with Crippen LogP contribution in [0, 0.1) is 0 Å². The first-order valence-electron chi connectivity index (χ1n) is 29.6. The molecule has 0 aromatic heterocycles. The summed E-state index contributed by atoms with van der Waals surface area (Å²) in [6.45, 7) is 2.79. The molecule has 9 N–H and O–H groups in total. The van der Waals surface area contributed by atoms with Gasteiger partial charge in [0.2, 0.25) is 5.91 Å². The number of rotatable bonds is 47. The molecule has 0 aromatic carbocycles. The highest BCUT2D eigenvalue weighted by Gasteiger charge is 2.51. The third-order valence-electron chi connectivity index (χ3n) is 14.6. The number of hydrogen-bond acceptors (Lipinski definition) is 13. The van der Waals surface area contributed by atoms with Gasteiger partial charge in [-0.1, -0.05) is 218 Å². The molecule has 1 amide bonds. The van der Waals surface area contributed by atoms with E-state index in [2.05, 4.69) is 31.3 Å². The minimum Gasteiger partial charge on any atom is -0.394 e. The molecule has 424 valence electrons. The predicted molar refractivity (Wildman–Crippen MR) is 286 cm³/mol. The fraction of sp³-hybridized carbons (Fsp3) is 0.914. The van der Waals surface area contributed by atoms with Gasteiger partial charge in [-0.3, -0.25) is 4.79 Å². The van der Waals surface area contributed by atoms with Crippen molar-refractivity contribution in [1.29, 1.82) is 0 Å². The van der Waals surface area contributed by atoms with Gasteiger partial charge in [0.25, 0.3) is 0 Å². The van der Waals surface area contributed by atoms with Gasteiger partial charge in [-0.15, -0.1) is 0 Å². The fourth-order valence-electron chi connectivity index (χ4n) is 9.82. The lowest BCUT2D eigenvalue weighted by molar-refractivity contribution is -0.359. The zero-order valence-electron chi connectivity index (χ0n) is 45.4. The van der Waals surface area contributed by atoms with Gasteiger partial charge >= 0.3 is 0 Å². The number of aliphatic hydroxyl groups is 8. The first-order chi connectivity index (χ1) is 35.1. The van der Waals surface area contributed by atoms with Gasteiger partial charge < -0.3 is 65.1 Å². The van der Waals surface area contributed by atoms with Crippen LogP contribution < -0.4 is 5.32 Å². The molecule has 2 rings (SSSR count). The second kappa shape index (κ2) is 44.6. The van der Waals surface area contributed by atoms with E-state index in [9.17, 15) is 45.6 Å². The molecular formula is C58H109NO13. The van der Waals surface area contributed by atoms with Crippen molar-refractivity contribution < 1.29 is 64.6 Å². The Balaban J connectivity index is 1.68. The average molecular weight is 1030 g/mol. The molecule has 72 heavy (non-hydrogen) atoms. The SMILES string of the molecule is CCCCCCCCCC/C=C\CCCCCCCCCCCCCCCCCC(=O)NC(COC1OC(CO)C(OC2OC(CO)C(O)C(O)C2O)C(O)C1O)C(O)/C=C/CCCCCCCCCCC. The Morgan fingerprint density at radius 2 is 0.875 bits per heavy atom. The van der Waals surface area contributed by atoms with Crippen molar-refractivity contribution in [3.8, 4) is 0 Å². The number of allylic oxidation sites excluding steroid dienone is 3. The van der Waals surface area contributed by atoms with E-state index < -0.39 is 86.8 Å². The molecule has 12 atom stereocenters. The van der Waals surface area contributed by atoms with E-state index in [4.69, 9.17) is 18.9 Å². The molecule has 2 heterocycles. The maximum atomic E-state index is 13.2. The summed E-state index contributed by atoms with van der Waals surface area (Å²) in [5, 5.41) is 86.9. The molecule has 0 spiro atoms. The Morgan fingerprint density at radius 1 is 0.486 bits per heavy atom. The second-order valence-electron chi connectivity index (χ2n) is 21.1. The number of amides is 1. The first-order valence-corrected chi connectivity index (χ1v) is 29.6. The van der Waals surface area contributed by atoms with E-state index in [0.29, 0.717) is 6.42 Å². The highest BCUT2D eigenvalue weighted by Crippen LogP contribution is 2.30. The smallest absolute Gasteiger partial charge is 0.220 e. The van der Waals surface area contributed by atoms with Gasteiger partial charge in [-0.25, -0.2) is 0 Å². The largest absolute Gasteiger partial charge is 0.394 e. The van der Waals surface area contributed by atoms with Crippen LogP contribution >= 0.6 is 0 Å². The Labute approximate surface area is 437 Å². The monoisotopic (exact) mass is 1030 g/mol. The zero-order chi connectivity index (χ0) is 52.4. The Kier molecular flexibility index (Phi) is 41.2. The number of nitrogens with one attached hydrogen (secondary N) is 1. The van der Waals surface area contributed by atoms with Crippen LogP contribution in [0.2, 0.25) is 0 Å².